The van der Waals surface area contributed by atoms with Crippen molar-refractivity contribution in [1.82, 2.24) is 5.32 Å². The molecule has 0 bridgehead atoms. The van der Waals surface area contributed by atoms with Crippen LogP contribution in [-0.2, 0) is 9.47 Å². The van der Waals surface area contributed by atoms with E-state index in [0.717, 1.165) is 39.3 Å². The highest BCUT2D eigenvalue weighted by Crippen LogP contribution is 1.86. The van der Waals surface area contributed by atoms with Gasteiger partial charge in [0.25, 0.3) is 0 Å². The number of rotatable bonds is 10. The van der Waals surface area contributed by atoms with E-state index >= 15 is 0 Å². The Morgan fingerprint density at radius 2 is 1.64 bits per heavy atom. The molecule has 3 heteroatoms. The van der Waals surface area contributed by atoms with Crippen LogP contribution in [0.2, 0.25) is 0 Å². The summed E-state index contributed by atoms with van der Waals surface area (Å²) in [6.07, 6.45) is 1.08. The van der Waals surface area contributed by atoms with Crippen molar-refractivity contribution in [2.45, 2.75) is 27.2 Å². The molecule has 0 amide bonds. The Hall–Kier alpha value is -0.120. The van der Waals surface area contributed by atoms with Gasteiger partial charge in [-0.3, -0.25) is 0 Å². The van der Waals surface area contributed by atoms with Crippen LogP contribution in [-0.4, -0.2) is 39.5 Å². The van der Waals surface area contributed by atoms with E-state index in [9.17, 15) is 0 Å². The molecule has 0 unspecified atom stereocenters. The van der Waals surface area contributed by atoms with Gasteiger partial charge in [-0.1, -0.05) is 20.8 Å². The quantitative estimate of drug-likeness (QED) is 0.548. The van der Waals surface area contributed by atoms with Crippen molar-refractivity contribution in [2.75, 3.05) is 39.5 Å². The molecule has 0 saturated heterocycles. The second-order valence-electron chi connectivity index (χ2n) is 3.82. The average molecular weight is 203 g/mol. The number of ether oxygens (including phenoxy) is 2. The summed E-state index contributed by atoms with van der Waals surface area (Å²) >= 11 is 0. The first-order valence-electron chi connectivity index (χ1n) is 5.63. The van der Waals surface area contributed by atoms with Crippen LogP contribution < -0.4 is 5.32 Å². The van der Waals surface area contributed by atoms with Crippen LogP contribution in [0.1, 0.15) is 27.2 Å². The van der Waals surface area contributed by atoms with Crippen LogP contribution in [0.15, 0.2) is 0 Å². The van der Waals surface area contributed by atoms with Gasteiger partial charge in [-0.2, -0.15) is 0 Å². The predicted molar refractivity (Wildman–Crippen MR) is 59.6 cm³/mol. The number of hydrogen-bond donors (Lipinski definition) is 1. The van der Waals surface area contributed by atoms with E-state index < -0.39 is 0 Å². The Kier molecular flexibility index (Phi) is 10.9. The molecule has 3 nitrogen and oxygen atoms in total. The van der Waals surface area contributed by atoms with Gasteiger partial charge >= 0.3 is 0 Å². The summed E-state index contributed by atoms with van der Waals surface area (Å²) in [6.45, 7) is 11.6. The fourth-order valence-electron chi connectivity index (χ4n) is 1.00. The molecule has 0 radical (unpaired) electrons. The molecule has 0 rings (SSSR count). The maximum atomic E-state index is 5.37. The Labute approximate surface area is 88.2 Å². The first kappa shape index (κ1) is 13.9. The Morgan fingerprint density at radius 3 is 2.21 bits per heavy atom. The maximum absolute atomic E-state index is 5.37. The van der Waals surface area contributed by atoms with Crippen LogP contribution in [0.25, 0.3) is 0 Å². The van der Waals surface area contributed by atoms with E-state index in [-0.39, 0.29) is 0 Å². The third kappa shape index (κ3) is 11.9. The summed E-state index contributed by atoms with van der Waals surface area (Å²) in [5.41, 5.74) is 0. The third-order valence-corrected chi connectivity index (χ3v) is 1.70. The molecule has 0 aromatic rings. The molecule has 1 N–H and O–H groups in total. The molecule has 86 valence electrons. The minimum atomic E-state index is 0.711. The molecular weight excluding hydrogens is 178 g/mol. The lowest BCUT2D eigenvalue weighted by atomic mass is 10.2. The standard InChI is InChI=1S/C11H25NO2/c1-4-6-13-8-9-14-7-5-12-10-11(2)3/h11-12H,4-10H2,1-3H3. The molecular formula is C11H25NO2. The van der Waals surface area contributed by atoms with Gasteiger partial charge in [-0.15, -0.1) is 0 Å². The van der Waals surface area contributed by atoms with Gasteiger partial charge in [0.15, 0.2) is 0 Å². The van der Waals surface area contributed by atoms with Crippen molar-refractivity contribution in [3.8, 4) is 0 Å². The zero-order valence-electron chi connectivity index (χ0n) is 9.84. The van der Waals surface area contributed by atoms with E-state index in [4.69, 9.17) is 9.47 Å². The van der Waals surface area contributed by atoms with E-state index in [1.165, 1.54) is 0 Å². The van der Waals surface area contributed by atoms with Crippen molar-refractivity contribution >= 4 is 0 Å². The summed E-state index contributed by atoms with van der Waals surface area (Å²) in [7, 11) is 0. The minimum absolute atomic E-state index is 0.711. The molecule has 0 aliphatic rings. The lowest BCUT2D eigenvalue weighted by Gasteiger charge is -2.08. The van der Waals surface area contributed by atoms with Crippen molar-refractivity contribution in [3.63, 3.8) is 0 Å². The zero-order valence-corrected chi connectivity index (χ0v) is 9.84. The summed E-state index contributed by atoms with van der Waals surface area (Å²) in [5.74, 6) is 0.711. The highest BCUT2D eigenvalue weighted by molar-refractivity contribution is 4.49. The van der Waals surface area contributed by atoms with Gasteiger partial charge in [0.05, 0.1) is 19.8 Å². The van der Waals surface area contributed by atoms with E-state index in [1.807, 2.05) is 0 Å². The molecule has 0 aliphatic heterocycles. The molecule has 0 atom stereocenters. The van der Waals surface area contributed by atoms with Gasteiger partial charge in [0.2, 0.25) is 0 Å². The van der Waals surface area contributed by atoms with Crippen molar-refractivity contribution < 1.29 is 9.47 Å². The van der Waals surface area contributed by atoms with Gasteiger partial charge in [0.1, 0.15) is 0 Å². The summed E-state index contributed by atoms with van der Waals surface area (Å²) < 4.78 is 10.7. The predicted octanol–water partition coefficient (Wildman–Crippen LogP) is 1.68. The molecule has 0 spiro atoms. The maximum Gasteiger partial charge on any atom is 0.0701 e. The second-order valence-corrected chi connectivity index (χ2v) is 3.82. The normalized spacial score (nSPS) is 11.1. The smallest absolute Gasteiger partial charge is 0.0701 e. The van der Waals surface area contributed by atoms with Gasteiger partial charge in [-0.05, 0) is 18.9 Å². The van der Waals surface area contributed by atoms with Crippen LogP contribution in [0.4, 0.5) is 0 Å². The molecule has 0 saturated carbocycles. The number of nitrogens with one attached hydrogen (secondary N) is 1. The van der Waals surface area contributed by atoms with E-state index in [2.05, 4.69) is 26.1 Å². The summed E-state index contributed by atoms with van der Waals surface area (Å²) in [4.78, 5) is 0. The van der Waals surface area contributed by atoms with Crippen molar-refractivity contribution in [3.05, 3.63) is 0 Å². The first-order valence-corrected chi connectivity index (χ1v) is 5.63. The highest BCUT2D eigenvalue weighted by atomic mass is 16.5. The fraction of sp³-hybridized carbons (Fsp3) is 1.00. The largest absolute Gasteiger partial charge is 0.379 e. The minimum Gasteiger partial charge on any atom is -0.379 e. The van der Waals surface area contributed by atoms with Crippen LogP contribution in [0.5, 0.6) is 0 Å². The molecule has 14 heavy (non-hydrogen) atoms. The zero-order chi connectivity index (χ0) is 10.6. The Morgan fingerprint density at radius 1 is 1.00 bits per heavy atom. The van der Waals surface area contributed by atoms with Crippen molar-refractivity contribution in [1.29, 1.82) is 0 Å². The van der Waals surface area contributed by atoms with Crippen LogP contribution >= 0.6 is 0 Å². The van der Waals surface area contributed by atoms with E-state index in [0.29, 0.717) is 12.5 Å². The Bertz CT molecular complexity index is 107. The van der Waals surface area contributed by atoms with Crippen LogP contribution in [0, 0.1) is 5.92 Å². The highest BCUT2D eigenvalue weighted by Gasteiger charge is 1.92. The lowest BCUT2D eigenvalue weighted by Crippen LogP contribution is -2.24. The molecule has 0 aliphatic carbocycles. The van der Waals surface area contributed by atoms with Crippen LogP contribution in [0.3, 0.4) is 0 Å². The van der Waals surface area contributed by atoms with Gasteiger partial charge in [0, 0.05) is 13.2 Å². The number of hydrogen-bond acceptors (Lipinski definition) is 3. The summed E-state index contributed by atoms with van der Waals surface area (Å²) in [6, 6.07) is 0. The average Bonchev–Trinajstić information content (AvgIpc) is 2.15. The topological polar surface area (TPSA) is 30.5 Å². The summed E-state index contributed by atoms with van der Waals surface area (Å²) in [5, 5.41) is 3.32. The lowest BCUT2D eigenvalue weighted by molar-refractivity contribution is 0.0490. The molecule has 0 fully saturated rings. The second kappa shape index (κ2) is 11.0. The SMILES string of the molecule is CCCOCCOCCNCC(C)C. The fourth-order valence-corrected chi connectivity index (χ4v) is 1.00. The van der Waals surface area contributed by atoms with E-state index in [1.54, 1.807) is 0 Å². The monoisotopic (exact) mass is 203 g/mol. The third-order valence-electron chi connectivity index (χ3n) is 1.70. The Balaban J connectivity index is 2.85. The van der Waals surface area contributed by atoms with Crippen molar-refractivity contribution in [2.24, 2.45) is 5.92 Å². The van der Waals surface area contributed by atoms with Gasteiger partial charge in [-0.25, -0.2) is 0 Å². The molecule has 0 heterocycles. The van der Waals surface area contributed by atoms with Gasteiger partial charge < -0.3 is 14.8 Å². The molecule has 0 aromatic carbocycles. The molecule has 0 aromatic heterocycles. The first-order chi connectivity index (χ1) is 6.77.